The Labute approximate surface area is 137 Å². The molecule has 24 heavy (non-hydrogen) atoms. The van der Waals surface area contributed by atoms with E-state index in [2.05, 4.69) is 33.0 Å². The number of amides is 1. The molecule has 0 aliphatic rings. The summed E-state index contributed by atoms with van der Waals surface area (Å²) >= 11 is 0. The molecule has 0 bridgehead atoms. The maximum atomic E-state index is 11.6. The Bertz CT molecular complexity index is 822. The minimum absolute atomic E-state index is 0.0538. The van der Waals surface area contributed by atoms with E-state index in [-0.39, 0.29) is 24.7 Å². The van der Waals surface area contributed by atoms with Gasteiger partial charge >= 0.3 is 5.69 Å². The Morgan fingerprint density at radius 1 is 1.29 bits per heavy atom. The third-order valence-corrected chi connectivity index (χ3v) is 3.15. The van der Waals surface area contributed by atoms with Crippen LogP contribution >= 0.6 is 0 Å². The highest BCUT2D eigenvalue weighted by Gasteiger charge is 2.03. The number of anilines is 1. The molecule has 0 saturated carbocycles. The lowest BCUT2D eigenvalue weighted by Crippen LogP contribution is -2.28. The van der Waals surface area contributed by atoms with Gasteiger partial charge in [-0.25, -0.2) is 15.3 Å². The van der Waals surface area contributed by atoms with E-state index in [1.807, 2.05) is 29.2 Å². The normalized spacial score (nSPS) is 10.7. The van der Waals surface area contributed by atoms with Gasteiger partial charge in [0, 0.05) is 13.0 Å². The Kier molecular flexibility index (Phi) is 6.01. The Morgan fingerprint density at radius 2 is 2.04 bits per heavy atom. The fraction of sp³-hybridized carbons (Fsp3) is 0.267. The molecule has 0 saturated heterocycles. The molecule has 0 atom stereocenters. The topological polar surface area (TPSA) is 132 Å². The summed E-state index contributed by atoms with van der Waals surface area (Å²) in [5.74, 6) is -0.369. The van der Waals surface area contributed by atoms with Crippen LogP contribution in [0.3, 0.4) is 0 Å². The maximum Gasteiger partial charge on any atom is 0.342 e. The zero-order chi connectivity index (χ0) is 17.4. The van der Waals surface area contributed by atoms with Gasteiger partial charge in [0.1, 0.15) is 0 Å². The summed E-state index contributed by atoms with van der Waals surface area (Å²) in [7, 11) is 0. The van der Waals surface area contributed by atoms with Crippen molar-refractivity contribution < 1.29 is 4.79 Å². The summed E-state index contributed by atoms with van der Waals surface area (Å²) < 4.78 is 0. The second-order valence-electron chi connectivity index (χ2n) is 4.92. The molecule has 9 nitrogen and oxygen atoms in total. The van der Waals surface area contributed by atoms with Crippen molar-refractivity contribution in [2.75, 3.05) is 11.9 Å². The largest absolute Gasteiger partial charge is 0.364 e. The fourth-order valence-electron chi connectivity index (χ4n) is 1.84. The zero-order valence-corrected chi connectivity index (χ0v) is 13.1. The van der Waals surface area contributed by atoms with Gasteiger partial charge in [-0.05, 0) is 17.5 Å². The first-order valence-electron chi connectivity index (χ1n) is 7.42. The number of hydrogen-bond acceptors (Lipinski definition) is 6. The quantitative estimate of drug-likeness (QED) is 0.418. The van der Waals surface area contributed by atoms with Crippen LogP contribution in [-0.4, -0.2) is 33.8 Å². The number of hydrogen-bond donors (Lipinski definition) is 4. The molecule has 0 spiro atoms. The van der Waals surface area contributed by atoms with Crippen molar-refractivity contribution in [3.8, 4) is 0 Å². The smallest absolute Gasteiger partial charge is 0.342 e. The van der Waals surface area contributed by atoms with E-state index in [0.29, 0.717) is 0 Å². The molecule has 0 unspecified atom stereocenters. The van der Waals surface area contributed by atoms with Gasteiger partial charge < -0.3 is 5.32 Å². The van der Waals surface area contributed by atoms with Crippen LogP contribution in [0, 0.1) is 0 Å². The van der Waals surface area contributed by atoms with Gasteiger partial charge in [0.25, 0.3) is 5.56 Å². The average molecular weight is 330 g/mol. The monoisotopic (exact) mass is 330 g/mol. The van der Waals surface area contributed by atoms with Crippen LogP contribution < -0.4 is 22.0 Å². The molecular formula is C15H18N6O3. The number of nitrogens with zero attached hydrogens (tertiary/aromatic N) is 2. The van der Waals surface area contributed by atoms with E-state index in [9.17, 15) is 14.4 Å². The first-order chi connectivity index (χ1) is 11.6. The van der Waals surface area contributed by atoms with Crippen molar-refractivity contribution in [1.82, 2.24) is 20.6 Å². The predicted molar refractivity (Wildman–Crippen MR) is 90.1 cm³/mol. The summed E-state index contributed by atoms with van der Waals surface area (Å²) in [5, 5.41) is 12.2. The molecule has 0 radical (unpaired) electrons. The minimum atomic E-state index is -0.690. The first kappa shape index (κ1) is 17.1. The third-order valence-electron chi connectivity index (χ3n) is 3.15. The average Bonchev–Trinajstić information content (AvgIpc) is 2.57. The summed E-state index contributed by atoms with van der Waals surface area (Å²) in [6.07, 6.45) is 2.61. The van der Waals surface area contributed by atoms with Crippen LogP contribution in [0.4, 0.5) is 5.82 Å². The van der Waals surface area contributed by atoms with Gasteiger partial charge in [0.15, 0.2) is 0 Å². The number of benzene rings is 1. The molecule has 2 rings (SSSR count). The number of carbonyl (C=O) groups excluding carboxylic acids is 1. The van der Waals surface area contributed by atoms with E-state index in [0.717, 1.165) is 12.0 Å². The van der Waals surface area contributed by atoms with Crippen LogP contribution in [0.15, 0.2) is 39.0 Å². The van der Waals surface area contributed by atoms with Crippen molar-refractivity contribution in [2.24, 2.45) is 5.10 Å². The van der Waals surface area contributed by atoms with Gasteiger partial charge in [0.05, 0.1) is 6.21 Å². The molecular weight excluding hydrogens is 312 g/mol. The number of aromatic nitrogens is 3. The Hall–Kier alpha value is -3.23. The van der Waals surface area contributed by atoms with E-state index in [1.165, 1.54) is 5.56 Å². The Morgan fingerprint density at radius 3 is 2.71 bits per heavy atom. The lowest BCUT2D eigenvalue weighted by Gasteiger charge is -2.03. The molecule has 9 heteroatoms. The first-order valence-corrected chi connectivity index (χ1v) is 7.42. The fourth-order valence-corrected chi connectivity index (χ4v) is 1.84. The summed E-state index contributed by atoms with van der Waals surface area (Å²) in [5.41, 5.74) is 3.17. The number of rotatable bonds is 7. The molecule has 0 fully saturated rings. The minimum Gasteiger partial charge on any atom is -0.364 e. The number of nitrogens with one attached hydrogen (secondary N) is 4. The van der Waals surface area contributed by atoms with Crippen molar-refractivity contribution in [3.63, 3.8) is 0 Å². The molecule has 1 heterocycles. The molecule has 1 aromatic carbocycles. The van der Waals surface area contributed by atoms with Crippen LogP contribution in [0.1, 0.15) is 24.5 Å². The van der Waals surface area contributed by atoms with Gasteiger partial charge in [-0.15, -0.1) is 5.10 Å². The summed E-state index contributed by atoms with van der Waals surface area (Å²) in [6.45, 7) is 2.25. The highest BCUT2D eigenvalue weighted by atomic mass is 16.2. The molecule has 126 valence electrons. The number of aryl methyl sites for hydroxylation is 1. The van der Waals surface area contributed by atoms with Gasteiger partial charge in [0.2, 0.25) is 11.7 Å². The van der Waals surface area contributed by atoms with Gasteiger partial charge in [-0.3, -0.25) is 14.6 Å². The number of H-pyrrole nitrogens is 2. The lowest BCUT2D eigenvalue weighted by molar-refractivity contribution is -0.120. The highest BCUT2D eigenvalue weighted by molar-refractivity contribution is 5.82. The zero-order valence-electron chi connectivity index (χ0n) is 13.1. The summed E-state index contributed by atoms with van der Waals surface area (Å²) in [6, 6.07) is 7.85. The number of carbonyl (C=O) groups is 1. The van der Waals surface area contributed by atoms with Gasteiger partial charge in [-0.1, -0.05) is 31.2 Å². The molecule has 1 aromatic heterocycles. The second kappa shape index (κ2) is 8.42. The third kappa shape index (κ3) is 5.20. The van der Waals surface area contributed by atoms with Crippen molar-refractivity contribution in [2.45, 2.75) is 19.8 Å². The van der Waals surface area contributed by atoms with Gasteiger partial charge in [-0.2, -0.15) is 5.10 Å². The van der Waals surface area contributed by atoms with Crippen LogP contribution in [0.5, 0.6) is 0 Å². The molecule has 2 aromatic rings. The van der Waals surface area contributed by atoms with Crippen molar-refractivity contribution in [1.29, 1.82) is 0 Å². The second-order valence-corrected chi connectivity index (χ2v) is 4.92. The molecule has 0 aliphatic carbocycles. The maximum absolute atomic E-state index is 11.6. The number of hydrazone groups is 1. The highest BCUT2D eigenvalue weighted by Crippen LogP contribution is 2.02. The van der Waals surface area contributed by atoms with E-state index in [4.69, 9.17) is 0 Å². The predicted octanol–water partition coefficient (Wildman–Crippen LogP) is -0.0271. The summed E-state index contributed by atoms with van der Waals surface area (Å²) in [4.78, 5) is 35.8. The molecule has 0 aliphatic heterocycles. The van der Waals surface area contributed by atoms with E-state index >= 15 is 0 Å². The van der Waals surface area contributed by atoms with Crippen molar-refractivity contribution >= 4 is 17.9 Å². The van der Waals surface area contributed by atoms with Crippen molar-refractivity contribution in [3.05, 3.63) is 56.2 Å². The standard InChI is InChI=1S/C15H18N6O3/c1-2-10-3-5-11(6-4-10)9-17-19-12(22)7-8-16-13-14(23)18-15(24)21-20-13/h3-6,9H,2,7-8H2,1H3,(H,16,20)(H,19,22)(H2,18,21,23,24)/b17-9+. The molecule has 1 amide bonds. The van der Waals surface area contributed by atoms with Crippen LogP contribution in [0.25, 0.3) is 0 Å². The molecule has 4 N–H and O–H groups in total. The Balaban J connectivity index is 1.75. The lowest BCUT2D eigenvalue weighted by atomic mass is 10.1. The van der Waals surface area contributed by atoms with Crippen LogP contribution in [-0.2, 0) is 11.2 Å². The van der Waals surface area contributed by atoms with E-state index < -0.39 is 11.2 Å². The SMILES string of the molecule is CCc1ccc(/C=N/NC(=O)CCNc2n[nH]c(=O)[nH]c2=O)cc1. The van der Waals surface area contributed by atoms with Crippen LogP contribution in [0.2, 0.25) is 0 Å². The van der Waals surface area contributed by atoms with E-state index in [1.54, 1.807) is 6.21 Å². The number of aromatic amines is 2.